The lowest BCUT2D eigenvalue weighted by molar-refractivity contribution is 0.401. The van der Waals surface area contributed by atoms with Crippen LogP contribution < -0.4 is 0 Å². The van der Waals surface area contributed by atoms with E-state index in [1.807, 2.05) is 6.07 Å². The third-order valence-electron chi connectivity index (χ3n) is 2.73. The van der Waals surface area contributed by atoms with Gasteiger partial charge < -0.3 is 10.0 Å². The van der Waals surface area contributed by atoms with Crippen molar-refractivity contribution in [2.24, 2.45) is 0 Å². The fourth-order valence-electron chi connectivity index (χ4n) is 1.68. The van der Waals surface area contributed by atoms with E-state index in [2.05, 4.69) is 38.9 Å². The highest BCUT2D eigenvalue weighted by Crippen LogP contribution is 2.28. The van der Waals surface area contributed by atoms with Gasteiger partial charge in [-0.25, -0.2) is 0 Å². The minimum absolute atomic E-state index is 0.423. The number of nitrogens with zero attached hydrogens (tertiary/aromatic N) is 1. The van der Waals surface area contributed by atoms with Gasteiger partial charge in [0.05, 0.1) is 0 Å². The van der Waals surface area contributed by atoms with Gasteiger partial charge in [0.1, 0.15) is 5.75 Å². The van der Waals surface area contributed by atoms with Crippen molar-refractivity contribution in [3.63, 3.8) is 0 Å². The molecule has 1 atom stereocenters. The van der Waals surface area contributed by atoms with Crippen LogP contribution in [0.15, 0.2) is 18.2 Å². The van der Waals surface area contributed by atoms with Gasteiger partial charge in [-0.3, -0.25) is 0 Å². The quantitative estimate of drug-likeness (QED) is 0.820. The Kier molecular flexibility index (Phi) is 4.15. The Labute approximate surface area is 92.5 Å². The topological polar surface area (TPSA) is 23.5 Å². The summed E-state index contributed by atoms with van der Waals surface area (Å²) in [5, 5.41) is 9.76. The Bertz CT molecular complexity index is 320. The summed E-state index contributed by atoms with van der Waals surface area (Å²) in [6.45, 7) is 5.21. The van der Waals surface area contributed by atoms with E-state index in [0.717, 1.165) is 18.5 Å². The molecule has 1 N–H and O–H groups in total. The third kappa shape index (κ3) is 3.24. The van der Waals surface area contributed by atoms with Crippen LogP contribution >= 0.6 is 0 Å². The van der Waals surface area contributed by atoms with E-state index in [9.17, 15) is 5.11 Å². The van der Waals surface area contributed by atoms with Crippen molar-refractivity contribution < 1.29 is 5.11 Å². The van der Waals surface area contributed by atoms with Gasteiger partial charge in [0.25, 0.3) is 0 Å². The summed E-state index contributed by atoms with van der Waals surface area (Å²) < 4.78 is 0. The highest BCUT2D eigenvalue weighted by molar-refractivity contribution is 5.38. The van der Waals surface area contributed by atoms with Crippen molar-refractivity contribution in [3.05, 3.63) is 29.3 Å². The average molecular weight is 207 g/mol. The Morgan fingerprint density at radius 2 is 2.00 bits per heavy atom. The summed E-state index contributed by atoms with van der Waals surface area (Å²) in [6, 6.07) is 5.91. The van der Waals surface area contributed by atoms with Gasteiger partial charge in [0, 0.05) is 6.54 Å². The second kappa shape index (κ2) is 5.17. The molecule has 0 aliphatic heterocycles. The van der Waals surface area contributed by atoms with Crippen molar-refractivity contribution in [2.75, 3.05) is 14.1 Å². The molecule has 1 unspecified atom stereocenters. The number of hydrogen-bond donors (Lipinski definition) is 1. The van der Waals surface area contributed by atoms with Gasteiger partial charge in [0.2, 0.25) is 0 Å². The summed E-state index contributed by atoms with van der Waals surface area (Å²) in [6.07, 6.45) is 1.05. The maximum absolute atomic E-state index is 9.76. The maximum Gasteiger partial charge on any atom is 0.119 e. The van der Waals surface area contributed by atoms with Crippen molar-refractivity contribution in [3.8, 4) is 5.75 Å². The number of phenolic OH excluding ortho intramolecular Hbond substituents is 1. The Morgan fingerprint density at radius 3 is 2.53 bits per heavy atom. The first kappa shape index (κ1) is 12.1. The molecule has 84 valence electrons. The summed E-state index contributed by atoms with van der Waals surface area (Å²) in [4.78, 5) is 2.13. The minimum atomic E-state index is 0.423. The zero-order chi connectivity index (χ0) is 11.4. The van der Waals surface area contributed by atoms with Crippen LogP contribution in [0, 0.1) is 0 Å². The van der Waals surface area contributed by atoms with E-state index in [-0.39, 0.29) is 0 Å². The first-order chi connectivity index (χ1) is 7.04. The lowest BCUT2D eigenvalue weighted by Gasteiger charge is -2.15. The van der Waals surface area contributed by atoms with Crippen LogP contribution in [0.3, 0.4) is 0 Å². The molecule has 2 heteroatoms. The predicted octanol–water partition coefficient (Wildman–Crippen LogP) is 2.97. The Hall–Kier alpha value is -1.02. The number of phenols is 1. The molecule has 0 saturated carbocycles. The van der Waals surface area contributed by atoms with E-state index in [4.69, 9.17) is 0 Å². The highest BCUT2D eigenvalue weighted by Gasteiger charge is 2.09. The molecule has 0 fully saturated rings. The van der Waals surface area contributed by atoms with Crippen molar-refractivity contribution in [2.45, 2.75) is 32.7 Å². The SMILES string of the molecule is CCC(C)c1cc(CN(C)C)ccc1O. The Balaban J connectivity index is 2.94. The van der Waals surface area contributed by atoms with Gasteiger partial charge in [-0.1, -0.05) is 26.0 Å². The van der Waals surface area contributed by atoms with Crippen LogP contribution in [-0.4, -0.2) is 24.1 Å². The van der Waals surface area contributed by atoms with E-state index >= 15 is 0 Å². The van der Waals surface area contributed by atoms with E-state index in [1.54, 1.807) is 6.07 Å². The molecule has 15 heavy (non-hydrogen) atoms. The van der Waals surface area contributed by atoms with Crippen LogP contribution in [0.5, 0.6) is 5.75 Å². The fraction of sp³-hybridized carbons (Fsp3) is 0.538. The lowest BCUT2D eigenvalue weighted by Crippen LogP contribution is -2.10. The van der Waals surface area contributed by atoms with Gasteiger partial charge in [-0.05, 0) is 43.6 Å². The number of benzene rings is 1. The molecule has 0 amide bonds. The highest BCUT2D eigenvalue weighted by atomic mass is 16.3. The summed E-state index contributed by atoms with van der Waals surface area (Å²) in [7, 11) is 4.10. The molecule has 0 aliphatic carbocycles. The maximum atomic E-state index is 9.76. The first-order valence-electron chi connectivity index (χ1n) is 5.51. The lowest BCUT2D eigenvalue weighted by atomic mass is 9.96. The number of aromatic hydroxyl groups is 1. The summed E-state index contributed by atoms with van der Waals surface area (Å²) >= 11 is 0. The van der Waals surface area contributed by atoms with Gasteiger partial charge in [-0.15, -0.1) is 0 Å². The van der Waals surface area contributed by atoms with Gasteiger partial charge >= 0.3 is 0 Å². The summed E-state index contributed by atoms with van der Waals surface area (Å²) in [5.41, 5.74) is 2.32. The van der Waals surface area contributed by atoms with Crippen LogP contribution in [0.25, 0.3) is 0 Å². The third-order valence-corrected chi connectivity index (χ3v) is 2.73. The van der Waals surface area contributed by atoms with Gasteiger partial charge in [0.15, 0.2) is 0 Å². The molecule has 1 aromatic rings. The van der Waals surface area contributed by atoms with Crippen molar-refractivity contribution in [1.29, 1.82) is 0 Å². The monoisotopic (exact) mass is 207 g/mol. The van der Waals surface area contributed by atoms with Crippen molar-refractivity contribution in [1.82, 2.24) is 4.90 Å². The second-order valence-electron chi connectivity index (χ2n) is 4.44. The molecule has 0 aromatic heterocycles. The first-order valence-corrected chi connectivity index (χ1v) is 5.51. The second-order valence-corrected chi connectivity index (χ2v) is 4.44. The molecule has 0 bridgehead atoms. The largest absolute Gasteiger partial charge is 0.508 e. The number of hydrogen-bond acceptors (Lipinski definition) is 2. The fourth-order valence-corrected chi connectivity index (χ4v) is 1.68. The minimum Gasteiger partial charge on any atom is -0.508 e. The van der Waals surface area contributed by atoms with E-state index in [1.165, 1.54) is 5.56 Å². The zero-order valence-corrected chi connectivity index (χ0v) is 10.1. The van der Waals surface area contributed by atoms with Crippen LogP contribution in [0.4, 0.5) is 0 Å². The van der Waals surface area contributed by atoms with Crippen LogP contribution in [0.2, 0.25) is 0 Å². The molecule has 0 spiro atoms. The Morgan fingerprint density at radius 1 is 1.33 bits per heavy atom. The van der Waals surface area contributed by atoms with E-state index in [0.29, 0.717) is 11.7 Å². The zero-order valence-electron chi connectivity index (χ0n) is 10.1. The molecule has 0 radical (unpaired) electrons. The standard InChI is InChI=1S/C13H21NO/c1-5-10(2)12-8-11(9-14(3)4)6-7-13(12)15/h6-8,10,15H,5,9H2,1-4H3. The molecular weight excluding hydrogens is 186 g/mol. The molecule has 2 nitrogen and oxygen atoms in total. The molecule has 1 aromatic carbocycles. The molecule has 1 rings (SSSR count). The molecule has 0 heterocycles. The smallest absolute Gasteiger partial charge is 0.119 e. The normalized spacial score (nSPS) is 13.1. The predicted molar refractivity (Wildman–Crippen MR) is 64.2 cm³/mol. The average Bonchev–Trinajstić information content (AvgIpc) is 2.19. The summed E-state index contributed by atoms with van der Waals surface area (Å²) in [5.74, 6) is 0.846. The van der Waals surface area contributed by atoms with Gasteiger partial charge in [-0.2, -0.15) is 0 Å². The number of rotatable bonds is 4. The molecular formula is C13H21NO. The van der Waals surface area contributed by atoms with Crippen molar-refractivity contribution >= 4 is 0 Å². The van der Waals surface area contributed by atoms with E-state index < -0.39 is 0 Å². The van der Waals surface area contributed by atoms with Crippen LogP contribution in [-0.2, 0) is 6.54 Å². The molecule has 0 saturated heterocycles. The molecule has 0 aliphatic rings. The van der Waals surface area contributed by atoms with Crippen LogP contribution in [0.1, 0.15) is 37.3 Å².